The number of carboxylic acids is 1. The van der Waals surface area contributed by atoms with Gasteiger partial charge in [-0.1, -0.05) is 46.8 Å². The molecule has 7 heteroatoms. The summed E-state index contributed by atoms with van der Waals surface area (Å²) >= 11 is 5.88. The van der Waals surface area contributed by atoms with Crippen molar-refractivity contribution in [3.8, 4) is 17.2 Å². The first-order chi connectivity index (χ1) is 16.0. The van der Waals surface area contributed by atoms with E-state index < -0.39 is 16.9 Å². The monoisotopic (exact) mass is 488 g/mol. The first kappa shape index (κ1) is 25.9. The smallest absolute Gasteiger partial charge is 0.321 e. The molecule has 2 aromatic carbocycles. The molecule has 184 valence electrons. The van der Waals surface area contributed by atoms with Crippen LogP contribution in [0.4, 0.5) is 0 Å². The van der Waals surface area contributed by atoms with Crippen molar-refractivity contribution >= 4 is 23.4 Å². The normalized spacial score (nSPS) is 18.5. The number of benzene rings is 2. The molecule has 2 atom stereocenters. The summed E-state index contributed by atoms with van der Waals surface area (Å²) in [6, 6.07) is 8.90. The van der Waals surface area contributed by atoms with Gasteiger partial charge >= 0.3 is 5.97 Å². The summed E-state index contributed by atoms with van der Waals surface area (Å²) in [6.07, 6.45) is 0.865. The van der Waals surface area contributed by atoms with Gasteiger partial charge in [-0.25, -0.2) is 0 Å². The average Bonchev–Trinajstić information content (AvgIpc) is 2.77. The number of phenols is 1. The molecule has 0 aliphatic carbocycles. The molecule has 0 aromatic heterocycles. The van der Waals surface area contributed by atoms with Gasteiger partial charge in [0.15, 0.2) is 5.78 Å². The maximum absolute atomic E-state index is 13.4. The second kappa shape index (κ2) is 10.3. The Bertz CT molecular complexity index is 1080. The number of Topliss-reactive ketones (excluding diaryl/α,β-unsaturated/α-hetero) is 1. The quantitative estimate of drug-likeness (QED) is 0.416. The zero-order valence-electron chi connectivity index (χ0n) is 20.4. The molecule has 2 unspecified atom stereocenters. The fraction of sp³-hybridized carbons (Fsp3) is 0.481. The summed E-state index contributed by atoms with van der Waals surface area (Å²) in [5.41, 5.74) is 1.75. The standard InChI is InChI=1S/C27H33ClO6/c1-6-27(14-33-18-9-7-8-17(10-18)11-20(28)26(31)32)13-21(29)24-22(34-27)12-19(15(2)3)25(30)23(24)16(4)5/h7-10,12,15-16,20,30H,6,11,13-14H2,1-5H3,(H,31,32). The molecule has 1 aliphatic heterocycles. The Balaban J connectivity index is 1.89. The lowest BCUT2D eigenvalue weighted by molar-refractivity contribution is -0.136. The van der Waals surface area contributed by atoms with E-state index in [0.29, 0.717) is 29.0 Å². The first-order valence-electron chi connectivity index (χ1n) is 11.7. The maximum Gasteiger partial charge on any atom is 0.321 e. The molecule has 0 saturated carbocycles. The lowest BCUT2D eigenvalue weighted by atomic mass is 9.82. The molecular formula is C27H33ClO6. The number of fused-ring (bicyclic) bond motifs is 1. The number of ether oxygens (including phenoxy) is 2. The summed E-state index contributed by atoms with van der Waals surface area (Å²) in [6.45, 7) is 10.0. The molecule has 0 saturated heterocycles. The van der Waals surface area contributed by atoms with Gasteiger partial charge in [-0.05, 0) is 48.4 Å². The molecule has 34 heavy (non-hydrogen) atoms. The van der Waals surface area contributed by atoms with Crippen LogP contribution >= 0.6 is 11.6 Å². The maximum atomic E-state index is 13.4. The number of phenolic OH excluding ortho intramolecular Hbond substituents is 1. The SMILES string of the molecule is CCC1(COc2cccc(CC(Cl)C(=O)O)c2)CC(=O)c2c(cc(C(C)C)c(O)c2C(C)C)O1. The van der Waals surface area contributed by atoms with Crippen LogP contribution in [0.5, 0.6) is 17.2 Å². The van der Waals surface area contributed by atoms with E-state index in [2.05, 4.69) is 0 Å². The summed E-state index contributed by atoms with van der Waals surface area (Å²) in [5.74, 6) is 0.112. The molecule has 0 radical (unpaired) electrons. The number of aliphatic carboxylic acids is 1. The fourth-order valence-corrected chi connectivity index (χ4v) is 4.54. The summed E-state index contributed by atoms with van der Waals surface area (Å²) in [4.78, 5) is 24.4. The summed E-state index contributed by atoms with van der Waals surface area (Å²) in [7, 11) is 0. The van der Waals surface area contributed by atoms with Gasteiger partial charge in [-0.2, -0.15) is 0 Å². The molecule has 2 N–H and O–H groups in total. The van der Waals surface area contributed by atoms with E-state index in [1.165, 1.54) is 0 Å². The van der Waals surface area contributed by atoms with Gasteiger partial charge in [-0.3, -0.25) is 9.59 Å². The predicted octanol–water partition coefficient (Wildman–Crippen LogP) is 6.07. The van der Waals surface area contributed by atoms with Crippen LogP contribution in [-0.2, 0) is 11.2 Å². The number of aromatic hydroxyl groups is 1. The van der Waals surface area contributed by atoms with Gasteiger partial charge < -0.3 is 19.7 Å². The van der Waals surface area contributed by atoms with E-state index in [9.17, 15) is 14.7 Å². The Morgan fingerprint density at radius 3 is 2.50 bits per heavy atom. The summed E-state index contributed by atoms with van der Waals surface area (Å²) < 4.78 is 12.5. The number of ketones is 1. The second-order valence-corrected chi connectivity index (χ2v) is 10.1. The Morgan fingerprint density at radius 2 is 1.91 bits per heavy atom. The number of halogens is 1. The molecule has 2 aromatic rings. The molecule has 0 fully saturated rings. The fourth-order valence-electron chi connectivity index (χ4n) is 4.36. The highest BCUT2D eigenvalue weighted by molar-refractivity contribution is 6.29. The third-order valence-electron chi connectivity index (χ3n) is 6.35. The Labute approximate surface area is 205 Å². The van der Waals surface area contributed by atoms with Crippen molar-refractivity contribution in [1.29, 1.82) is 0 Å². The largest absolute Gasteiger partial charge is 0.507 e. The predicted molar refractivity (Wildman–Crippen MR) is 132 cm³/mol. The third-order valence-corrected chi connectivity index (χ3v) is 6.69. The lowest BCUT2D eigenvalue weighted by Crippen LogP contribution is -2.47. The lowest BCUT2D eigenvalue weighted by Gasteiger charge is -2.38. The van der Waals surface area contributed by atoms with Gasteiger partial charge in [0.1, 0.15) is 34.8 Å². The molecule has 0 bridgehead atoms. The van der Waals surface area contributed by atoms with Crippen molar-refractivity contribution in [2.45, 2.75) is 76.7 Å². The minimum atomic E-state index is -1.07. The van der Waals surface area contributed by atoms with E-state index >= 15 is 0 Å². The van der Waals surface area contributed by atoms with Gasteiger partial charge in [0.2, 0.25) is 0 Å². The van der Waals surface area contributed by atoms with Crippen molar-refractivity contribution in [2.75, 3.05) is 6.61 Å². The Morgan fingerprint density at radius 1 is 1.21 bits per heavy atom. The van der Waals surface area contributed by atoms with E-state index in [1.54, 1.807) is 30.3 Å². The Kier molecular flexibility index (Phi) is 7.81. The van der Waals surface area contributed by atoms with Crippen molar-refractivity contribution < 1.29 is 29.3 Å². The molecule has 0 spiro atoms. The van der Waals surface area contributed by atoms with Crippen LogP contribution in [0.2, 0.25) is 0 Å². The number of carbonyl (C=O) groups is 2. The second-order valence-electron chi connectivity index (χ2n) is 9.60. The van der Waals surface area contributed by atoms with Crippen LogP contribution in [0, 0.1) is 0 Å². The van der Waals surface area contributed by atoms with Crippen LogP contribution in [0.25, 0.3) is 0 Å². The molecule has 1 aliphatic rings. The zero-order chi connectivity index (χ0) is 25.2. The zero-order valence-corrected chi connectivity index (χ0v) is 21.1. The number of carbonyl (C=O) groups excluding carboxylic acids is 1. The van der Waals surface area contributed by atoms with Crippen molar-refractivity contribution in [3.63, 3.8) is 0 Å². The van der Waals surface area contributed by atoms with Crippen molar-refractivity contribution in [1.82, 2.24) is 0 Å². The number of alkyl halides is 1. The average molecular weight is 489 g/mol. The number of carboxylic acid groups (broad SMARTS) is 1. The van der Waals surface area contributed by atoms with E-state index in [4.69, 9.17) is 26.2 Å². The van der Waals surface area contributed by atoms with Crippen LogP contribution in [0.1, 0.15) is 86.3 Å². The minimum absolute atomic E-state index is 0.0373. The van der Waals surface area contributed by atoms with Crippen molar-refractivity contribution in [3.05, 3.63) is 52.6 Å². The molecule has 6 nitrogen and oxygen atoms in total. The summed E-state index contributed by atoms with van der Waals surface area (Å²) in [5, 5.41) is 18.9. The minimum Gasteiger partial charge on any atom is -0.507 e. The molecule has 3 rings (SSSR count). The highest BCUT2D eigenvalue weighted by Crippen LogP contribution is 2.46. The van der Waals surface area contributed by atoms with Crippen LogP contribution in [0.15, 0.2) is 30.3 Å². The van der Waals surface area contributed by atoms with Crippen LogP contribution < -0.4 is 9.47 Å². The van der Waals surface area contributed by atoms with E-state index in [1.807, 2.05) is 34.6 Å². The first-order valence-corrected chi connectivity index (χ1v) is 12.1. The number of hydrogen-bond donors (Lipinski definition) is 2. The molecule has 1 heterocycles. The van der Waals surface area contributed by atoms with Crippen molar-refractivity contribution in [2.24, 2.45) is 0 Å². The highest BCUT2D eigenvalue weighted by atomic mass is 35.5. The number of rotatable bonds is 9. The van der Waals surface area contributed by atoms with Crippen LogP contribution in [0.3, 0.4) is 0 Å². The Hall–Kier alpha value is -2.73. The van der Waals surface area contributed by atoms with E-state index in [-0.39, 0.29) is 42.8 Å². The van der Waals surface area contributed by atoms with Gasteiger partial charge in [0, 0.05) is 11.1 Å². The topological polar surface area (TPSA) is 93.1 Å². The molecule has 0 amide bonds. The van der Waals surface area contributed by atoms with Gasteiger partial charge in [-0.15, -0.1) is 11.6 Å². The van der Waals surface area contributed by atoms with Gasteiger partial charge in [0.25, 0.3) is 0 Å². The highest BCUT2D eigenvalue weighted by Gasteiger charge is 2.42. The van der Waals surface area contributed by atoms with Crippen LogP contribution in [-0.4, -0.2) is 39.6 Å². The third kappa shape index (κ3) is 5.33. The van der Waals surface area contributed by atoms with Gasteiger partial charge in [0.05, 0.1) is 12.0 Å². The number of hydrogen-bond acceptors (Lipinski definition) is 5. The molecular weight excluding hydrogens is 456 g/mol. The van der Waals surface area contributed by atoms with E-state index in [0.717, 1.165) is 11.1 Å².